The number of fused-ring (bicyclic) bond motifs is 2. The normalized spacial score (nSPS) is 29.8. The van der Waals surface area contributed by atoms with Crippen molar-refractivity contribution in [1.29, 1.82) is 0 Å². The lowest BCUT2D eigenvalue weighted by Gasteiger charge is -2.27. The van der Waals surface area contributed by atoms with Crippen molar-refractivity contribution < 1.29 is 24.8 Å². The first-order valence-electron chi connectivity index (χ1n) is 9.67. The molecule has 2 rings (SSSR count). The molecule has 1 saturated carbocycles. The van der Waals surface area contributed by atoms with Crippen molar-refractivity contribution in [3.8, 4) is 0 Å². The molecule has 1 heterocycles. The van der Waals surface area contributed by atoms with Gasteiger partial charge in [-0.3, -0.25) is 4.79 Å². The fourth-order valence-electron chi connectivity index (χ4n) is 3.72. The number of allylic oxidation sites excluding steroid dienone is 2. The second-order valence-electron chi connectivity index (χ2n) is 7.19. The van der Waals surface area contributed by atoms with E-state index in [9.17, 15) is 9.90 Å². The summed E-state index contributed by atoms with van der Waals surface area (Å²) in [6, 6.07) is 0. The van der Waals surface area contributed by atoms with Crippen molar-refractivity contribution in [3.63, 3.8) is 0 Å². The van der Waals surface area contributed by atoms with E-state index in [0.717, 1.165) is 44.9 Å². The number of rotatable bonds is 12. The highest BCUT2D eigenvalue weighted by atomic mass is 17.2. The van der Waals surface area contributed by atoms with E-state index in [4.69, 9.17) is 14.9 Å². The van der Waals surface area contributed by atoms with Crippen LogP contribution in [0.3, 0.4) is 0 Å². The van der Waals surface area contributed by atoms with Crippen LogP contribution in [0.4, 0.5) is 0 Å². The maximum atomic E-state index is 10.5. The zero-order chi connectivity index (χ0) is 18.1. The van der Waals surface area contributed by atoms with Gasteiger partial charge in [0.05, 0.1) is 12.2 Å². The topological polar surface area (TPSA) is 76.0 Å². The van der Waals surface area contributed by atoms with Crippen LogP contribution in [0.5, 0.6) is 0 Å². The van der Waals surface area contributed by atoms with E-state index in [1.165, 1.54) is 0 Å². The number of aliphatic hydroxyl groups is 1. The van der Waals surface area contributed by atoms with Gasteiger partial charge in [0, 0.05) is 24.7 Å². The van der Waals surface area contributed by atoms with Gasteiger partial charge in [-0.1, -0.05) is 50.5 Å². The minimum Gasteiger partial charge on any atom is -0.481 e. The van der Waals surface area contributed by atoms with Crippen LogP contribution < -0.4 is 0 Å². The fourth-order valence-corrected chi connectivity index (χ4v) is 3.72. The van der Waals surface area contributed by atoms with Crippen LogP contribution in [0.25, 0.3) is 0 Å². The average molecular weight is 352 g/mol. The molecule has 0 aromatic rings. The van der Waals surface area contributed by atoms with Crippen LogP contribution in [0.1, 0.15) is 64.7 Å². The highest BCUT2D eigenvalue weighted by molar-refractivity contribution is 5.66. The van der Waals surface area contributed by atoms with Gasteiger partial charge < -0.3 is 10.2 Å². The van der Waals surface area contributed by atoms with Crippen molar-refractivity contribution in [3.05, 3.63) is 24.3 Å². The number of carboxylic acid groups (broad SMARTS) is 1. The first-order chi connectivity index (χ1) is 12.1. The van der Waals surface area contributed by atoms with E-state index in [-0.39, 0.29) is 30.7 Å². The Bertz CT molecular complexity index is 459. The molecule has 0 amide bonds. The second-order valence-corrected chi connectivity index (χ2v) is 7.19. The maximum Gasteiger partial charge on any atom is 0.303 e. The quantitative estimate of drug-likeness (QED) is 0.315. The molecule has 2 aliphatic rings. The van der Waals surface area contributed by atoms with Crippen LogP contribution in [0.15, 0.2) is 24.3 Å². The number of carboxylic acids is 1. The Hall–Kier alpha value is -1.17. The first-order valence-corrected chi connectivity index (χ1v) is 9.67. The molecule has 0 aromatic heterocycles. The Kier molecular flexibility index (Phi) is 8.65. The van der Waals surface area contributed by atoms with Gasteiger partial charge in [0.15, 0.2) is 0 Å². The molecule has 1 aliphatic carbocycles. The molecule has 2 bridgehead atoms. The van der Waals surface area contributed by atoms with E-state index < -0.39 is 5.97 Å². The van der Waals surface area contributed by atoms with Crippen LogP contribution in [-0.4, -0.2) is 34.5 Å². The van der Waals surface area contributed by atoms with Crippen molar-refractivity contribution in [2.45, 2.75) is 83.0 Å². The Morgan fingerprint density at radius 2 is 2.00 bits per heavy atom. The lowest BCUT2D eigenvalue weighted by Crippen LogP contribution is -2.28. The predicted octanol–water partition coefficient (Wildman–Crippen LogP) is 4.02. The summed E-state index contributed by atoms with van der Waals surface area (Å²) in [6.07, 6.45) is 15.8. The predicted molar refractivity (Wildman–Crippen MR) is 95.9 cm³/mol. The van der Waals surface area contributed by atoms with Gasteiger partial charge in [0.1, 0.15) is 6.10 Å². The van der Waals surface area contributed by atoms with E-state index in [1.807, 2.05) is 6.08 Å². The molecule has 0 spiro atoms. The lowest BCUT2D eigenvalue weighted by atomic mass is 9.89. The number of carbonyl (C=O) groups is 1. The third kappa shape index (κ3) is 6.57. The van der Waals surface area contributed by atoms with Crippen molar-refractivity contribution in [2.75, 3.05) is 0 Å². The number of unbranched alkanes of at least 4 members (excludes halogenated alkanes) is 3. The molecule has 5 nitrogen and oxygen atoms in total. The van der Waals surface area contributed by atoms with E-state index >= 15 is 0 Å². The SMILES string of the molecule is CCCCC[C@H](O)/C=C/[C@H]1[C@H]2CC(OO2)[C@@H]1C/C=C\CCCC(=O)O. The van der Waals surface area contributed by atoms with Gasteiger partial charge in [-0.05, 0) is 25.7 Å². The molecular weight excluding hydrogens is 320 g/mol. The molecule has 2 fully saturated rings. The summed E-state index contributed by atoms with van der Waals surface area (Å²) in [6.45, 7) is 2.16. The summed E-state index contributed by atoms with van der Waals surface area (Å²) in [5.41, 5.74) is 0. The van der Waals surface area contributed by atoms with Gasteiger partial charge in [-0.2, -0.15) is 0 Å². The van der Waals surface area contributed by atoms with Crippen molar-refractivity contribution in [1.82, 2.24) is 0 Å². The molecule has 1 unspecified atom stereocenters. The molecule has 1 aliphatic heterocycles. The van der Waals surface area contributed by atoms with Gasteiger partial charge >= 0.3 is 5.97 Å². The summed E-state index contributed by atoms with van der Waals surface area (Å²) in [4.78, 5) is 21.3. The Labute approximate surface area is 150 Å². The Balaban J connectivity index is 1.78. The lowest BCUT2D eigenvalue weighted by molar-refractivity contribution is -0.336. The summed E-state index contributed by atoms with van der Waals surface area (Å²) in [7, 11) is 0. The van der Waals surface area contributed by atoms with E-state index in [1.54, 1.807) is 0 Å². The van der Waals surface area contributed by atoms with Crippen LogP contribution in [0.2, 0.25) is 0 Å². The van der Waals surface area contributed by atoms with E-state index in [0.29, 0.717) is 12.3 Å². The molecule has 5 heteroatoms. The minimum atomic E-state index is -0.741. The molecule has 142 valence electrons. The summed E-state index contributed by atoms with van der Waals surface area (Å²) >= 11 is 0. The summed E-state index contributed by atoms with van der Waals surface area (Å²) in [5.74, 6) is -0.0912. The van der Waals surface area contributed by atoms with Crippen LogP contribution in [-0.2, 0) is 14.6 Å². The van der Waals surface area contributed by atoms with Crippen LogP contribution in [0, 0.1) is 11.8 Å². The van der Waals surface area contributed by atoms with Crippen molar-refractivity contribution in [2.24, 2.45) is 11.8 Å². The van der Waals surface area contributed by atoms with E-state index in [2.05, 4.69) is 25.2 Å². The Morgan fingerprint density at radius 3 is 2.76 bits per heavy atom. The maximum absolute atomic E-state index is 10.5. The standard InChI is InChI=1S/C20H32O5/c1-2-3-6-9-15(21)12-13-17-16(18-14-19(17)25-24-18)10-7-4-5-8-11-20(22)23/h4,7,12-13,15-19,21H,2-3,5-6,8-11,14H2,1H3,(H,22,23)/b7-4-,13-12+/t15-,16+,17+,18?,19+/m0/s1. The van der Waals surface area contributed by atoms with Crippen molar-refractivity contribution >= 4 is 5.97 Å². The van der Waals surface area contributed by atoms with Gasteiger partial charge in [-0.15, -0.1) is 0 Å². The third-order valence-corrected chi connectivity index (χ3v) is 5.16. The van der Waals surface area contributed by atoms with Gasteiger partial charge in [-0.25, -0.2) is 9.78 Å². The molecule has 5 atom stereocenters. The number of aliphatic hydroxyl groups excluding tert-OH is 1. The minimum absolute atomic E-state index is 0.0921. The average Bonchev–Trinajstić information content (AvgIpc) is 3.17. The smallest absolute Gasteiger partial charge is 0.303 e. The molecule has 0 radical (unpaired) electrons. The molecule has 25 heavy (non-hydrogen) atoms. The monoisotopic (exact) mass is 352 g/mol. The Morgan fingerprint density at radius 1 is 1.20 bits per heavy atom. The summed E-state index contributed by atoms with van der Waals surface area (Å²) < 4.78 is 0. The second kappa shape index (κ2) is 10.7. The van der Waals surface area contributed by atoms with Crippen LogP contribution >= 0.6 is 0 Å². The highest BCUT2D eigenvalue weighted by Gasteiger charge is 2.49. The number of hydrogen-bond acceptors (Lipinski definition) is 4. The van der Waals surface area contributed by atoms with Gasteiger partial charge in [0.2, 0.25) is 0 Å². The first kappa shape index (κ1) is 20.1. The molecule has 0 aromatic carbocycles. The molecule has 1 saturated heterocycles. The number of hydrogen-bond donors (Lipinski definition) is 2. The summed E-state index contributed by atoms with van der Waals surface area (Å²) in [5, 5.41) is 18.7. The number of aliphatic carboxylic acids is 1. The van der Waals surface area contributed by atoms with Gasteiger partial charge in [0.25, 0.3) is 0 Å². The molecule has 2 N–H and O–H groups in total. The highest BCUT2D eigenvalue weighted by Crippen LogP contribution is 2.44. The zero-order valence-corrected chi connectivity index (χ0v) is 15.2. The zero-order valence-electron chi connectivity index (χ0n) is 15.2. The molecular formula is C20H32O5. The fraction of sp³-hybridized carbons (Fsp3) is 0.750. The third-order valence-electron chi connectivity index (χ3n) is 5.16. The largest absolute Gasteiger partial charge is 0.481 e.